The molecule has 7 nitrogen and oxygen atoms in total. The minimum absolute atomic E-state index is 0.153. The maximum absolute atomic E-state index is 14.4. The van der Waals surface area contributed by atoms with E-state index < -0.39 is 47.2 Å². The van der Waals surface area contributed by atoms with Gasteiger partial charge < -0.3 is 10.1 Å². The number of amides is 1. The molecule has 2 aromatic carbocycles. The summed E-state index contributed by atoms with van der Waals surface area (Å²) < 4.78 is 36.4. The number of alkyl carbamates (subject to hydrolysis) is 1. The molecule has 9 heteroatoms. The van der Waals surface area contributed by atoms with Gasteiger partial charge in [0.05, 0.1) is 24.7 Å². The largest absolute Gasteiger partial charge is 0.444 e. The van der Waals surface area contributed by atoms with Crippen LogP contribution in [0.2, 0.25) is 0 Å². The Morgan fingerprint density at radius 2 is 1.62 bits per heavy atom. The molecule has 0 bridgehead atoms. The van der Waals surface area contributed by atoms with Gasteiger partial charge in [-0.15, -0.1) is 0 Å². The van der Waals surface area contributed by atoms with E-state index in [4.69, 9.17) is 4.74 Å². The van der Waals surface area contributed by atoms with E-state index in [9.17, 15) is 23.2 Å². The highest BCUT2D eigenvalue weighted by molar-refractivity contribution is 5.68. The van der Waals surface area contributed by atoms with Gasteiger partial charge in [0.2, 0.25) is 0 Å². The summed E-state index contributed by atoms with van der Waals surface area (Å²) in [6, 6.07) is 11.4. The van der Waals surface area contributed by atoms with Crippen LogP contribution in [-0.4, -0.2) is 20.8 Å². The van der Waals surface area contributed by atoms with Crippen LogP contribution in [0.25, 0.3) is 5.57 Å². The first kappa shape index (κ1) is 27.6. The minimum atomic E-state index is -0.819. The first-order chi connectivity index (χ1) is 17.3. The molecule has 0 aliphatic carbocycles. The van der Waals surface area contributed by atoms with E-state index in [-0.39, 0.29) is 23.4 Å². The average molecular weight is 512 g/mol. The van der Waals surface area contributed by atoms with Gasteiger partial charge in [-0.05, 0) is 57.9 Å². The summed E-state index contributed by atoms with van der Waals surface area (Å²) in [5, 5.41) is 2.73. The first-order valence-electron chi connectivity index (χ1n) is 11.8. The number of ether oxygens (including phenoxy) is 1. The number of hydrogen-bond acceptors (Lipinski definition) is 4. The number of rotatable bonds is 7. The Bertz CT molecular complexity index is 1420. The van der Waals surface area contributed by atoms with Gasteiger partial charge in [0.15, 0.2) is 0 Å². The second kappa shape index (κ2) is 10.9. The van der Waals surface area contributed by atoms with Crippen LogP contribution < -0.4 is 16.6 Å². The summed E-state index contributed by atoms with van der Waals surface area (Å²) in [6.07, 6.45) is -0.726. The lowest BCUT2D eigenvalue weighted by atomic mass is 10.1. The van der Waals surface area contributed by atoms with Crippen LogP contribution >= 0.6 is 0 Å². The summed E-state index contributed by atoms with van der Waals surface area (Å²) in [5.41, 5.74) is -1.07. The van der Waals surface area contributed by atoms with Crippen molar-refractivity contribution in [1.82, 2.24) is 14.5 Å². The van der Waals surface area contributed by atoms with Gasteiger partial charge in [-0.3, -0.25) is 13.9 Å². The molecule has 1 atom stereocenters. The predicted octanol–water partition coefficient (Wildman–Crippen LogP) is 4.94. The molecule has 0 radical (unpaired) electrons. The standard InChI is InChI=1S/C28H31F2N3O4/c1-17(2)24-18(3)32(15-20-21(29)13-10-14-22(20)30)27(36)33(25(24)34)16-23(19-11-8-7-9-12-19)31-26(35)37-28(4,5)6/h7-14,23H,1,15-16H2,2-6H3,(H,31,35)/t23-/m0/s1. The number of nitrogens with zero attached hydrogens (tertiary/aromatic N) is 2. The monoisotopic (exact) mass is 511 g/mol. The van der Waals surface area contributed by atoms with Crippen molar-refractivity contribution >= 4 is 11.7 Å². The number of nitrogens with one attached hydrogen (secondary N) is 1. The maximum Gasteiger partial charge on any atom is 0.408 e. The van der Waals surface area contributed by atoms with Crippen molar-refractivity contribution in [3.63, 3.8) is 0 Å². The SMILES string of the molecule is C=C(C)c1c(C)n(Cc2c(F)cccc2F)c(=O)n(C[C@H](NC(=O)OC(C)(C)C)c2ccccc2)c1=O. The van der Waals surface area contributed by atoms with E-state index in [0.717, 1.165) is 21.3 Å². The van der Waals surface area contributed by atoms with Crippen molar-refractivity contribution in [1.29, 1.82) is 0 Å². The molecule has 0 unspecified atom stereocenters. The Kier molecular flexibility index (Phi) is 8.15. The van der Waals surface area contributed by atoms with E-state index in [1.165, 1.54) is 13.0 Å². The third kappa shape index (κ3) is 6.41. The molecule has 0 aliphatic rings. The van der Waals surface area contributed by atoms with Gasteiger partial charge >= 0.3 is 11.8 Å². The summed E-state index contributed by atoms with van der Waals surface area (Å²) in [5.74, 6) is -1.62. The zero-order valence-corrected chi connectivity index (χ0v) is 21.6. The molecule has 37 heavy (non-hydrogen) atoms. The van der Waals surface area contributed by atoms with Crippen molar-refractivity contribution in [2.75, 3.05) is 0 Å². The molecular formula is C28H31F2N3O4. The molecule has 1 N–H and O–H groups in total. The molecule has 0 fully saturated rings. The van der Waals surface area contributed by atoms with Crippen LogP contribution in [0.15, 0.2) is 64.7 Å². The number of hydrogen-bond donors (Lipinski definition) is 1. The second-order valence-corrected chi connectivity index (χ2v) is 9.83. The topological polar surface area (TPSA) is 82.3 Å². The van der Waals surface area contributed by atoms with E-state index in [1.54, 1.807) is 58.0 Å². The van der Waals surface area contributed by atoms with Gasteiger partial charge in [-0.1, -0.05) is 43.0 Å². The number of carbonyl (C=O) groups is 1. The van der Waals surface area contributed by atoms with Crippen molar-refractivity contribution in [2.24, 2.45) is 0 Å². The van der Waals surface area contributed by atoms with Crippen LogP contribution in [0.1, 0.15) is 56.1 Å². The molecule has 3 rings (SSSR count). The fourth-order valence-electron chi connectivity index (χ4n) is 4.03. The Hall–Kier alpha value is -4.01. The summed E-state index contributed by atoms with van der Waals surface area (Å²) in [4.78, 5) is 39.7. The highest BCUT2D eigenvalue weighted by atomic mass is 19.1. The highest BCUT2D eigenvalue weighted by Gasteiger charge is 2.25. The number of allylic oxidation sites excluding steroid dienone is 1. The number of halogens is 2. The predicted molar refractivity (Wildman–Crippen MR) is 138 cm³/mol. The first-order valence-corrected chi connectivity index (χ1v) is 11.8. The van der Waals surface area contributed by atoms with Crippen molar-refractivity contribution in [3.8, 4) is 0 Å². The number of carbonyl (C=O) groups excluding carboxylic acids is 1. The Morgan fingerprint density at radius 1 is 1.03 bits per heavy atom. The van der Waals surface area contributed by atoms with E-state index in [1.807, 2.05) is 0 Å². The summed E-state index contributed by atoms with van der Waals surface area (Å²) in [6.45, 7) is 11.5. The van der Waals surface area contributed by atoms with Crippen LogP contribution in [0.5, 0.6) is 0 Å². The van der Waals surface area contributed by atoms with Crippen LogP contribution in [0.4, 0.5) is 13.6 Å². The minimum Gasteiger partial charge on any atom is -0.444 e. The van der Waals surface area contributed by atoms with Crippen molar-refractivity contribution in [3.05, 3.63) is 110 Å². The molecule has 3 aromatic rings. The maximum atomic E-state index is 14.4. The van der Waals surface area contributed by atoms with E-state index in [2.05, 4.69) is 11.9 Å². The van der Waals surface area contributed by atoms with E-state index >= 15 is 0 Å². The number of benzene rings is 2. The summed E-state index contributed by atoms with van der Waals surface area (Å²) >= 11 is 0. The lowest BCUT2D eigenvalue weighted by Gasteiger charge is -2.25. The molecule has 196 valence electrons. The van der Waals surface area contributed by atoms with Gasteiger partial charge in [0.25, 0.3) is 5.56 Å². The molecular weight excluding hydrogens is 480 g/mol. The second-order valence-electron chi connectivity index (χ2n) is 9.83. The van der Waals surface area contributed by atoms with Crippen molar-refractivity contribution in [2.45, 2.75) is 59.4 Å². The third-order valence-corrected chi connectivity index (χ3v) is 5.75. The molecule has 0 spiro atoms. The molecule has 0 saturated carbocycles. The highest BCUT2D eigenvalue weighted by Crippen LogP contribution is 2.19. The lowest BCUT2D eigenvalue weighted by molar-refractivity contribution is 0.0497. The van der Waals surface area contributed by atoms with Crippen LogP contribution in [0, 0.1) is 18.6 Å². The fourth-order valence-corrected chi connectivity index (χ4v) is 4.03. The van der Waals surface area contributed by atoms with Gasteiger partial charge in [-0.25, -0.2) is 18.4 Å². The zero-order chi connectivity index (χ0) is 27.5. The zero-order valence-electron chi connectivity index (χ0n) is 21.6. The van der Waals surface area contributed by atoms with Gasteiger partial charge in [-0.2, -0.15) is 0 Å². The molecule has 0 saturated heterocycles. The average Bonchev–Trinajstić information content (AvgIpc) is 2.79. The molecule has 1 heterocycles. The van der Waals surface area contributed by atoms with Crippen LogP contribution in [-0.2, 0) is 17.8 Å². The lowest BCUT2D eigenvalue weighted by Crippen LogP contribution is -2.46. The van der Waals surface area contributed by atoms with E-state index in [0.29, 0.717) is 11.1 Å². The molecule has 0 aliphatic heterocycles. The smallest absolute Gasteiger partial charge is 0.408 e. The quantitative estimate of drug-likeness (QED) is 0.487. The Morgan fingerprint density at radius 3 is 2.16 bits per heavy atom. The normalized spacial score (nSPS) is 12.2. The van der Waals surface area contributed by atoms with Gasteiger partial charge in [0, 0.05) is 11.3 Å². The van der Waals surface area contributed by atoms with Crippen molar-refractivity contribution < 1.29 is 18.3 Å². The fraction of sp³-hybridized carbons (Fsp3) is 0.321. The number of aromatic nitrogens is 2. The Balaban J connectivity index is 2.16. The van der Waals surface area contributed by atoms with Crippen LogP contribution in [0.3, 0.4) is 0 Å². The third-order valence-electron chi connectivity index (χ3n) is 5.75. The van der Waals surface area contributed by atoms with Gasteiger partial charge in [0.1, 0.15) is 17.2 Å². The molecule has 1 amide bonds. The Labute approximate surface area is 214 Å². The summed E-state index contributed by atoms with van der Waals surface area (Å²) in [7, 11) is 0. The molecule has 1 aromatic heterocycles.